The highest BCUT2D eigenvalue weighted by Gasteiger charge is 2.22. The lowest BCUT2D eigenvalue weighted by Crippen LogP contribution is -2.34. The van der Waals surface area contributed by atoms with Crippen LogP contribution in [0.4, 0.5) is 5.82 Å². The first kappa shape index (κ1) is 13.7. The van der Waals surface area contributed by atoms with Gasteiger partial charge in [-0.3, -0.25) is 4.79 Å². The molecule has 104 valence electrons. The molecule has 0 aliphatic carbocycles. The lowest BCUT2D eigenvalue weighted by Gasteiger charge is -2.20. The van der Waals surface area contributed by atoms with Gasteiger partial charge in [-0.1, -0.05) is 0 Å². The van der Waals surface area contributed by atoms with Crippen molar-refractivity contribution in [3.63, 3.8) is 0 Å². The van der Waals surface area contributed by atoms with Crippen molar-refractivity contribution in [3.8, 4) is 0 Å². The van der Waals surface area contributed by atoms with Gasteiger partial charge < -0.3 is 15.4 Å². The number of carbonyl (C=O) groups excluding carboxylic acids is 1. The number of hydrogen-bond donors (Lipinski definition) is 2. The van der Waals surface area contributed by atoms with E-state index in [1.54, 1.807) is 6.92 Å². The number of hydrogen-bond acceptors (Lipinski definition) is 5. The second kappa shape index (κ2) is 5.97. The van der Waals surface area contributed by atoms with E-state index in [-0.39, 0.29) is 12.0 Å². The molecule has 6 nitrogen and oxygen atoms in total. The Labute approximate surface area is 113 Å². The largest absolute Gasteiger partial charge is 0.377 e. The molecule has 1 unspecified atom stereocenters. The molecule has 2 heterocycles. The number of nitrogens with zero attached hydrogens (tertiary/aromatic N) is 2. The predicted octanol–water partition coefficient (Wildman–Crippen LogP) is 0.908. The van der Waals surface area contributed by atoms with Crippen LogP contribution in [0.3, 0.4) is 0 Å². The van der Waals surface area contributed by atoms with Gasteiger partial charge in [0.2, 0.25) is 0 Å². The molecule has 2 rings (SSSR count). The van der Waals surface area contributed by atoms with Crippen LogP contribution in [0.2, 0.25) is 0 Å². The zero-order valence-corrected chi connectivity index (χ0v) is 11.6. The van der Waals surface area contributed by atoms with E-state index in [2.05, 4.69) is 20.6 Å². The van der Waals surface area contributed by atoms with Crippen LogP contribution in [0.1, 0.15) is 35.7 Å². The molecular weight excluding hydrogens is 244 g/mol. The van der Waals surface area contributed by atoms with E-state index in [9.17, 15) is 4.79 Å². The Morgan fingerprint density at radius 1 is 1.47 bits per heavy atom. The third-order valence-corrected chi connectivity index (χ3v) is 3.00. The molecule has 1 amide bonds. The molecule has 0 saturated heterocycles. The summed E-state index contributed by atoms with van der Waals surface area (Å²) >= 11 is 0. The zero-order chi connectivity index (χ0) is 13.8. The first-order valence-electron chi connectivity index (χ1n) is 6.63. The van der Waals surface area contributed by atoms with E-state index in [1.807, 2.05) is 13.8 Å². The molecule has 1 aliphatic heterocycles. The van der Waals surface area contributed by atoms with Crippen molar-refractivity contribution in [2.45, 2.75) is 33.3 Å². The Morgan fingerprint density at radius 3 is 3.00 bits per heavy atom. The van der Waals surface area contributed by atoms with Crippen molar-refractivity contribution in [1.29, 1.82) is 0 Å². The van der Waals surface area contributed by atoms with Gasteiger partial charge in [0.1, 0.15) is 17.3 Å². The highest BCUT2D eigenvalue weighted by Crippen LogP contribution is 2.20. The van der Waals surface area contributed by atoms with Crippen molar-refractivity contribution in [3.05, 3.63) is 17.1 Å². The summed E-state index contributed by atoms with van der Waals surface area (Å²) in [6.45, 7) is 7.75. The smallest absolute Gasteiger partial charge is 0.270 e. The quantitative estimate of drug-likeness (QED) is 0.826. The minimum Gasteiger partial charge on any atom is -0.377 e. The molecule has 1 aliphatic rings. The van der Waals surface area contributed by atoms with Gasteiger partial charge in [0, 0.05) is 25.3 Å². The summed E-state index contributed by atoms with van der Waals surface area (Å²) in [4.78, 5) is 20.4. The average Bonchev–Trinajstić information content (AvgIpc) is 2.37. The number of carbonyl (C=O) groups is 1. The molecule has 1 aromatic heterocycles. The summed E-state index contributed by atoms with van der Waals surface area (Å²) in [5, 5.41) is 6.06. The lowest BCUT2D eigenvalue weighted by molar-refractivity contribution is 0.0854. The Morgan fingerprint density at radius 2 is 2.26 bits per heavy atom. The van der Waals surface area contributed by atoms with Crippen molar-refractivity contribution in [2.24, 2.45) is 0 Å². The normalized spacial score (nSPS) is 15.6. The van der Waals surface area contributed by atoms with Crippen LogP contribution in [0.25, 0.3) is 0 Å². The minimum atomic E-state index is -0.118. The fourth-order valence-corrected chi connectivity index (χ4v) is 2.14. The fourth-order valence-electron chi connectivity index (χ4n) is 2.14. The number of aryl methyl sites for hydroxylation is 1. The fraction of sp³-hybridized carbons (Fsp3) is 0.615. The predicted molar refractivity (Wildman–Crippen MR) is 72.4 cm³/mol. The highest BCUT2D eigenvalue weighted by atomic mass is 16.5. The van der Waals surface area contributed by atoms with E-state index in [0.29, 0.717) is 31.2 Å². The molecule has 1 atom stereocenters. The Balaban J connectivity index is 2.18. The van der Waals surface area contributed by atoms with Gasteiger partial charge in [0.05, 0.1) is 6.10 Å². The van der Waals surface area contributed by atoms with Crippen LogP contribution in [-0.4, -0.2) is 41.7 Å². The molecule has 1 aromatic rings. The number of aromatic nitrogens is 2. The van der Waals surface area contributed by atoms with Crippen LogP contribution >= 0.6 is 0 Å². The number of rotatable bonds is 5. The molecule has 0 radical (unpaired) electrons. The standard InChI is InChI=1S/C13H20N4O2/c1-4-19-8(2)7-15-12-10-5-6-14-13(18)11(10)16-9(3)17-12/h8H,4-7H2,1-3H3,(H,14,18)(H,15,16,17). The Kier molecular flexibility index (Phi) is 4.31. The topological polar surface area (TPSA) is 76.1 Å². The molecule has 0 aromatic carbocycles. The zero-order valence-electron chi connectivity index (χ0n) is 11.6. The van der Waals surface area contributed by atoms with E-state index >= 15 is 0 Å². The molecule has 0 spiro atoms. The molecule has 2 N–H and O–H groups in total. The van der Waals surface area contributed by atoms with Gasteiger partial charge in [-0.2, -0.15) is 0 Å². The van der Waals surface area contributed by atoms with E-state index in [0.717, 1.165) is 17.8 Å². The van der Waals surface area contributed by atoms with Gasteiger partial charge >= 0.3 is 0 Å². The average molecular weight is 264 g/mol. The van der Waals surface area contributed by atoms with Gasteiger partial charge in [-0.05, 0) is 27.2 Å². The number of anilines is 1. The summed E-state index contributed by atoms with van der Waals surface area (Å²) in [6.07, 6.45) is 0.862. The van der Waals surface area contributed by atoms with Crippen molar-refractivity contribution in [1.82, 2.24) is 15.3 Å². The van der Waals surface area contributed by atoms with Gasteiger partial charge in [-0.15, -0.1) is 0 Å². The lowest BCUT2D eigenvalue weighted by atomic mass is 10.1. The van der Waals surface area contributed by atoms with Crippen LogP contribution in [0.15, 0.2) is 0 Å². The van der Waals surface area contributed by atoms with Gasteiger partial charge in [0.15, 0.2) is 0 Å². The van der Waals surface area contributed by atoms with E-state index in [4.69, 9.17) is 4.74 Å². The number of fused-ring (bicyclic) bond motifs is 1. The third kappa shape index (κ3) is 3.20. The first-order chi connectivity index (χ1) is 9.11. The second-order valence-electron chi connectivity index (χ2n) is 4.60. The molecule has 6 heteroatoms. The summed E-state index contributed by atoms with van der Waals surface area (Å²) in [5.41, 5.74) is 1.39. The second-order valence-corrected chi connectivity index (χ2v) is 4.60. The Hall–Kier alpha value is -1.69. The van der Waals surface area contributed by atoms with Crippen LogP contribution in [0, 0.1) is 6.92 Å². The van der Waals surface area contributed by atoms with Crippen molar-refractivity contribution >= 4 is 11.7 Å². The SMILES string of the molecule is CCOC(C)CNc1nc(C)nc2c1CCNC2=O. The summed E-state index contributed by atoms with van der Waals surface area (Å²) in [5.74, 6) is 1.24. The van der Waals surface area contributed by atoms with E-state index < -0.39 is 0 Å². The maximum absolute atomic E-state index is 11.8. The third-order valence-electron chi connectivity index (χ3n) is 3.00. The van der Waals surface area contributed by atoms with Gasteiger partial charge in [-0.25, -0.2) is 9.97 Å². The molecule has 19 heavy (non-hydrogen) atoms. The van der Waals surface area contributed by atoms with E-state index in [1.165, 1.54) is 0 Å². The molecule has 0 fully saturated rings. The molecule has 0 bridgehead atoms. The maximum Gasteiger partial charge on any atom is 0.270 e. The monoisotopic (exact) mass is 264 g/mol. The Bertz CT molecular complexity index is 476. The van der Waals surface area contributed by atoms with Crippen LogP contribution < -0.4 is 10.6 Å². The van der Waals surface area contributed by atoms with Crippen LogP contribution in [-0.2, 0) is 11.2 Å². The molecule has 0 saturated carbocycles. The number of nitrogens with one attached hydrogen (secondary N) is 2. The first-order valence-corrected chi connectivity index (χ1v) is 6.63. The molecular formula is C13H20N4O2. The summed E-state index contributed by atoms with van der Waals surface area (Å²) < 4.78 is 5.47. The highest BCUT2D eigenvalue weighted by molar-refractivity contribution is 5.95. The summed E-state index contributed by atoms with van der Waals surface area (Å²) in [7, 11) is 0. The number of ether oxygens (including phenoxy) is 1. The minimum absolute atomic E-state index is 0.105. The number of amides is 1. The van der Waals surface area contributed by atoms with Crippen molar-refractivity contribution in [2.75, 3.05) is 25.0 Å². The maximum atomic E-state index is 11.8. The summed E-state index contributed by atoms with van der Waals surface area (Å²) in [6, 6.07) is 0. The van der Waals surface area contributed by atoms with Crippen molar-refractivity contribution < 1.29 is 9.53 Å². The van der Waals surface area contributed by atoms with Gasteiger partial charge in [0.25, 0.3) is 5.91 Å². The van der Waals surface area contributed by atoms with Crippen LogP contribution in [0.5, 0.6) is 0 Å².